The van der Waals surface area contributed by atoms with Gasteiger partial charge in [0.05, 0.1) is 24.8 Å². The van der Waals surface area contributed by atoms with Gasteiger partial charge in [-0.1, -0.05) is 54.6 Å². The maximum atomic E-state index is 13.5. The van der Waals surface area contributed by atoms with Gasteiger partial charge in [0.15, 0.2) is 5.78 Å². The maximum absolute atomic E-state index is 13.5. The molecule has 0 N–H and O–H groups in total. The maximum Gasteiger partial charge on any atom is 0.210 e. The number of rotatable bonds is 4. The number of benzene rings is 2. The lowest BCUT2D eigenvalue weighted by molar-refractivity contribution is -0.117. The second kappa shape index (κ2) is 7.52. The molecule has 0 saturated carbocycles. The van der Waals surface area contributed by atoms with Crippen LogP contribution in [-0.4, -0.2) is 48.6 Å². The largest absolute Gasteiger partial charge is 0.378 e. The first-order valence-corrected chi connectivity index (χ1v) is 9.40. The Kier molecular flexibility index (Phi) is 4.92. The highest BCUT2D eigenvalue weighted by Gasteiger charge is 2.40. The van der Waals surface area contributed by atoms with Crippen LogP contribution in [0.1, 0.15) is 39.1 Å². The number of ketones is 3. The molecule has 1 aliphatic carbocycles. The van der Waals surface area contributed by atoms with E-state index in [4.69, 9.17) is 4.74 Å². The second-order valence-corrected chi connectivity index (χ2v) is 7.02. The van der Waals surface area contributed by atoms with Gasteiger partial charge in [0.2, 0.25) is 5.78 Å². The Bertz CT molecular complexity index is 971. The normalized spacial score (nSPS) is 18.1. The van der Waals surface area contributed by atoms with E-state index >= 15 is 0 Å². The molecule has 5 heteroatoms. The van der Waals surface area contributed by atoms with E-state index < -0.39 is 5.92 Å². The molecule has 1 heterocycles. The first-order valence-electron chi connectivity index (χ1n) is 9.40. The minimum Gasteiger partial charge on any atom is -0.378 e. The van der Waals surface area contributed by atoms with Crippen LogP contribution >= 0.6 is 0 Å². The van der Waals surface area contributed by atoms with Crippen molar-refractivity contribution >= 4 is 17.3 Å². The van der Waals surface area contributed by atoms with Gasteiger partial charge in [-0.25, -0.2) is 0 Å². The molecule has 0 aromatic heterocycles. The number of fused-ring (bicyclic) bond motifs is 1. The molecule has 5 nitrogen and oxygen atoms in total. The molecule has 1 unspecified atom stereocenters. The molecule has 0 spiro atoms. The first kappa shape index (κ1) is 18.3. The Balaban J connectivity index is 1.95. The van der Waals surface area contributed by atoms with Crippen LogP contribution in [0.2, 0.25) is 0 Å². The SMILES string of the molecule is CC(=O)C(C1=C(N2CCOCC2)C(=O)c2ccccc2C1=O)c1ccccc1. The van der Waals surface area contributed by atoms with Gasteiger partial charge in [-0.2, -0.15) is 0 Å². The number of morpholine rings is 1. The van der Waals surface area contributed by atoms with Crippen molar-refractivity contribution in [1.82, 2.24) is 4.90 Å². The Morgan fingerprint density at radius 3 is 2.07 bits per heavy atom. The quantitative estimate of drug-likeness (QED) is 0.822. The Morgan fingerprint density at radius 2 is 1.46 bits per heavy atom. The van der Waals surface area contributed by atoms with Crippen molar-refractivity contribution in [3.63, 3.8) is 0 Å². The smallest absolute Gasteiger partial charge is 0.210 e. The molecule has 1 fully saturated rings. The number of allylic oxidation sites excluding steroid dienone is 2. The van der Waals surface area contributed by atoms with Crippen LogP contribution in [0.4, 0.5) is 0 Å². The van der Waals surface area contributed by atoms with E-state index in [2.05, 4.69) is 0 Å². The van der Waals surface area contributed by atoms with Gasteiger partial charge in [0, 0.05) is 29.8 Å². The summed E-state index contributed by atoms with van der Waals surface area (Å²) in [5.74, 6) is -1.38. The summed E-state index contributed by atoms with van der Waals surface area (Å²) in [6.45, 7) is 3.46. The van der Waals surface area contributed by atoms with Crippen LogP contribution in [0.15, 0.2) is 65.9 Å². The van der Waals surface area contributed by atoms with Gasteiger partial charge >= 0.3 is 0 Å². The molecule has 1 saturated heterocycles. The Labute approximate surface area is 163 Å². The zero-order chi connectivity index (χ0) is 19.7. The van der Waals surface area contributed by atoms with E-state index in [1.54, 1.807) is 24.3 Å². The zero-order valence-electron chi connectivity index (χ0n) is 15.7. The summed E-state index contributed by atoms with van der Waals surface area (Å²) >= 11 is 0. The topological polar surface area (TPSA) is 63.7 Å². The molecule has 28 heavy (non-hydrogen) atoms. The van der Waals surface area contributed by atoms with E-state index in [0.29, 0.717) is 43.1 Å². The summed E-state index contributed by atoms with van der Waals surface area (Å²) in [5, 5.41) is 0. The standard InChI is InChI=1S/C23H21NO4/c1-15(25)19(16-7-3-2-4-8-16)20-21(24-11-13-28-14-12-24)23(27)18-10-6-5-9-17(18)22(20)26/h2-10,19H,11-14H2,1H3. The third kappa shape index (κ3) is 3.08. The van der Waals surface area contributed by atoms with Gasteiger partial charge in [-0.15, -0.1) is 0 Å². The van der Waals surface area contributed by atoms with E-state index in [1.165, 1.54) is 6.92 Å². The summed E-state index contributed by atoms with van der Waals surface area (Å²) in [6, 6.07) is 16.0. The van der Waals surface area contributed by atoms with E-state index in [0.717, 1.165) is 5.56 Å². The molecular formula is C23H21NO4. The second-order valence-electron chi connectivity index (χ2n) is 7.02. The summed E-state index contributed by atoms with van der Waals surface area (Å²) in [6.07, 6.45) is 0. The molecule has 2 aliphatic rings. The summed E-state index contributed by atoms with van der Waals surface area (Å²) in [7, 11) is 0. The van der Waals surface area contributed by atoms with Crippen LogP contribution in [0.25, 0.3) is 0 Å². The summed E-state index contributed by atoms with van der Waals surface area (Å²) in [5.41, 5.74) is 2.10. The lowest BCUT2D eigenvalue weighted by Gasteiger charge is -2.35. The molecule has 4 rings (SSSR count). The van der Waals surface area contributed by atoms with Crippen molar-refractivity contribution < 1.29 is 19.1 Å². The Hall–Kier alpha value is -3.05. The Morgan fingerprint density at radius 1 is 0.893 bits per heavy atom. The molecule has 1 aliphatic heterocycles. The van der Waals surface area contributed by atoms with Gasteiger partial charge in [-0.05, 0) is 12.5 Å². The number of hydrogen-bond donors (Lipinski definition) is 0. The minimum atomic E-state index is -0.774. The van der Waals surface area contributed by atoms with Crippen molar-refractivity contribution in [2.75, 3.05) is 26.3 Å². The molecule has 0 amide bonds. The van der Waals surface area contributed by atoms with Gasteiger partial charge in [0.1, 0.15) is 5.78 Å². The van der Waals surface area contributed by atoms with Crippen LogP contribution in [0.3, 0.4) is 0 Å². The highest BCUT2D eigenvalue weighted by atomic mass is 16.5. The first-order chi connectivity index (χ1) is 13.6. The van der Waals surface area contributed by atoms with E-state index in [-0.39, 0.29) is 22.9 Å². The predicted molar refractivity (Wildman–Crippen MR) is 104 cm³/mol. The summed E-state index contributed by atoms with van der Waals surface area (Å²) in [4.78, 5) is 41.5. The average molecular weight is 375 g/mol. The molecule has 2 aromatic carbocycles. The highest BCUT2D eigenvalue weighted by Crippen LogP contribution is 2.37. The number of Topliss-reactive ketones (excluding diaryl/α,β-unsaturated/α-hetero) is 3. The van der Waals surface area contributed by atoms with Gasteiger partial charge in [-0.3, -0.25) is 14.4 Å². The van der Waals surface area contributed by atoms with Crippen molar-refractivity contribution in [3.05, 3.63) is 82.6 Å². The third-order valence-electron chi connectivity index (χ3n) is 5.29. The fourth-order valence-electron chi connectivity index (χ4n) is 4.00. The third-order valence-corrected chi connectivity index (χ3v) is 5.29. The van der Waals surface area contributed by atoms with Crippen molar-refractivity contribution in [2.24, 2.45) is 0 Å². The van der Waals surface area contributed by atoms with Crippen molar-refractivity contribution in [2.45, 2.75) is 12.8 Å². The van der Waals surface area contributed by atoms with Crippen LogP contribution < -0.4 is 0 Å². The number of ether oxygens (including phenoxy) is 1. The molecule has 2 aromatic rings. The minimum absolute atomic E-state index is 0.160. The van der Waals surface area contributed by atoms with Crippen molar-refractivity contribution in [3.8, 4) is 0 Å². The average Bonchev–Trinajstić information content (AvgIpc) is 2.73. The molecule has 0 radical (unpaired) electrons. The fourth-order valence-corrected chi connectivity index (χ4v) is 4.00. The lowest BCUT2D eigenvalue weighted by Crippen LogP contribution is -2.42. The monoisotopic (exact) mass is 375 g/mol. The number of nitrogens with zero attached hydrogens (tertiary/aromatic N) is 1. The molecule has 0 bridgehead atoms. The molecule has 142 valence electrons. The lowest BCUT2D eigenvalue weighted by atomic mass is 9.77. The van der Waals surface area contributed by atoms with Crippen molar-refractivity contribution in [1.29, 1.82) is 0 Å². The zero-order valence-corrected chi connectivity index (χ0v) is 15.7. The van der Waals surface area contributed by atoms with Crippen LogP contribution in [0, 0.1) is 0 Å². The van der Waals surface area contributed by atoms with Crippen LogP contribution in [-0.2, 0) is 9.53 Å². The fraction of sp³-hybridized carbons (Fsp3) is 0.261. The number of hydrogen-bond acceptors (Lipinski definition) is 5. The van der Waals surface area contributed by atoms with Gasteiger partial charge < -0.3 is 9.64 Å². The number of carbonyl (C=O) groups excluding carboxylic acids is 3. The predicted octanol–water partition coefficient (Wildman–Crippen LogP) is 3.02. The molecular weight excluding hydrogens is 354 g/mol. The summed E-state index contributed by atoms with van der Waals surface area (Å²) < 4.78 is 5.42. The van der Waals surface area contributed by atoms with E-state index in [1.807, 2.05) is 35.2 Å². The van der Waals surface area contributed by atoms with Crippen LogP contribution in [0.5, 0.6) is 0 Å². The highest BCUT2D eigenvalue weighted by molar-refractivity contribution is 6.28. The van der Waals surface area contributed by atoms with Gasteiger partial charge in [0.25, 0.3) is 0 Å². The molecule has 1 atom stereocenters. The number of carbonyl (C=O) groups is 3. The van der Waals surface area contributed by atoms with E-state index in [9.17, 15) is 14.4 Å².